The standard InChI is InChI=1S/C25H37ClN6O5S2/c1-37-23-14-18-8-10-32(11-12-39(2,35)36)9-7-17(18)13-22(23)30-25-27-16-20(26)24(31-25)29-21-6-4-3-5-19(21)15-28-38(33)34/h13-14,16,19,21,38H,3-12,15H2,1-2H3,(H,28,33,34)(H2,27,29,30,31)/t19-,21-/m1/s1. The van der Waals surface area contributed by atoms with Gasteiger partial charge in [0.2, 0.25) is 16.8 Å². The fraction of sp³-hybridized carbons (Fsp3) is 0.600. The van der Waals surface area contributed by atoms with Gasteiger partial charge in [0.1, 0.15) is 20.6 Å². The Labute approximate surface area is 237 Å². The quantitative estimate of drug-likeness (QED) is 0.284. The number of fused-ring (bicyclic) bond motifs is 1. The van der Waals surface area contributed by atoms with Gasteiger partial charge in [-0.05, 0) is 54.9 Å². The molecule has 0 unspecified atom stereocenters. The van der Waals surface area contributed by atoms with Crippen LogP contribution in [0, 0.1) is 5.92 Å². The van der Waals surface area contributed by atoms with E-state index >= 15 is 0 Å². The SMILES string of the molecule is COc1cc2c(cc1Nc1ncc(Cl)c(N[C@@H]3CCCC[C@@H]3CN[SH](=O)=O)n1)CCN(CCS(C)(=O)=O)CC2. The molecule has 2 heterocycles. The van der Waals surface area contributed by atoms with E-state index in [1.54, 1.807) is 13.3 Å². The molecule has 2 aliphatic rings. The van der Waals surface area contributed by atoms with E-state index in [1.165, 1.54) is 17.4 Å². The average molecular weight is 601 g/mol. The molecule has 0 saturated heterocycles. The number of methoxy groups -OCH3 is 1. The zero-order valence-corrected chi connectivity index (χ0v) is 24.7. The predicted octanol–water partition coefficient (Wildman–Crippen LogP) is 2.41. The van der Waals surface area contributed by atoms with Crippen LogP contribution in [0.3, 0.4) is 0 Å². The van der Waals surface area contributed by atoms with Gasteiger partial charge in [-0.1, -0.05) is 24.4 Å². The Morgan fingerprint density at radius 1 is 1.15 bits per heavy atom. The topological polar surface area (TPSA) is 143 Å². The zero-order chi connectivity index (χ0) is 28.0. The fourth-order valence-electron chi connectivity index (χ4n) is 5.24. The number of nitrogens with one attached hydrogen (secondary N) is 3. The highest BCUT2D eigenvalue weighted by atomic mass is 35.5. The lowest BCUT2D eigenvalue weighted by Gasteiger charge is -2.32. The first-order valence-corrected chi connectivity index (χ1v) is 16.8. The van der Waals surface area contributed by atoms with E-state index in [0.717, 1.165) is 57.3 Å². The molecule has 0 amide bonds. The molecule has 1 saturated carbocycles. The fourth-order valence-corrected chi connectivity index (χ4v) is 6.36. The van der Waals surface area contributed by atoms with Crippen LogP contribution in [0.1, 0.15) is 36.8 Å². The maximum atomic E-state index is 11.6. The number of thiol groups is 1. The molecule has 1 aliphatic heterocycles. The number of ether oxygens (including phenoxy) is 1. The van der Waals surface area contributed by atoms with E-state index in [9.17, 15) is 16.8 Å². The highest BCUT2D eigenvalue weighted by Gasteiger charge is 2.26. The van der Waals surface area contributed by atoms with Gasteiger partial charge in [-0.15, -0.1) is 0 Å². The molecule has 0 bridgehead atoms. The van der Waals surface area contributed by atoms with Gasteiger partial charge < -0.3 is 20.3 Å². The summed E-state index contributed by atoms with van der Waals surface area (Å²) in [7, 11) is -4.03. The normalized spacial score (nSPS) is 20.3. The number of nitrogens with zero attached hydrogens (tertiary/aromatic N) is 3. The third-order valence-electron chi connectivity index (χ3n) is 7.40. The largest absolute Gasteiger partial charge is 0.495 e. The molecule has 14 heteroatoms. The molecule has 4 rings (SSSR count). The van der Waals surface area contributed by atoms with Crippen molar-refractivity contribution in [3.63, 3.8) is 0 Å². The molecule has 1 aromatic heterocycles. The van der Waals surface area contributed by atoms with Gasteiger partial charge >= 0.3 is 0 Å². The van der Waals surface area contributed by atoms with E-state index < -0.39 is 20.7 Å². The van der Waals surface area contributed by atoms with Gasteiger partial charge in [-0.2, -0.15) is 4.98 Å². The van der Waals surface area contributed by atoms with E-state index in [0.29, 0.717) is 35.6 Å². The minimum Gasteiger partial charge on any atom is -0.495 e. The van der Waals surface area contributed by atoms with Crippen molar-refractivity contribution in [1.29, 1.82) is 0 Å². The number of aromatic nitrogens is 2. The molecule has 39 heavy (non-hydrogen) atoms. The molecule has 3 N–H and O–H groups in total. The molecule has 216 valence electrons. The highest BCUT2D eigenvalue weighted by Crippen LogP contribution is 2.34. The zero-order valence-electron chi connectivity index (χ0n) is 22.3. The van der Waals surface area contributed by atoms with Crippen LogP contribution < -0.4 is 20.1 Å². The molecule has 1 aromatic carbocycles. The van der Waals surface area contributed by atoms with Crippen molar-refractivity contribution in [3.05, 3.63) is 34.5 Å². The summed E-state index contributed by atoms with van der Waals surface area (Å²) in [6.07, 6.45) is 8.31. The summed E-state index contributed by atoms with van der Waals surface area (Å²) in [5.41, 5.74) is 3.07. The summed E-state index contributed by atoms with van der Waals surface area (Å²) in [5, 5.41) is 7.08. The van der Waals surface area contributed by atoms with Crippen molar-refractivity contribution in [2.45, 2.75) is 44.6 Å². The van der Waals surface area contributed by atoms with Crippen LogP contribution in [0.4, 0.5) is 17.5 Å². The third-order valence-corrected chi connectivity index (χ3v) is 9.04. The molecule has 2 aromatic rings. The molecule has 0 spiro atoms. The Kier molecular flexibility index (Phi) is 10.3. The maximum Gasteiger partial charge on any atom is 0.229 e. The second kappa shape index (κ2) is 13.4. The molecule has 0 radical (unpaired) electrons. The van der Waals surface area contributed by atoms with Gasteiger partial charge in [-0.3, -0.25) is 0 Å². The average Bonchev–Trinajstić information content (AvgIpc) is 3.09. The third kappa shape index (κ3) is 8.65. The van der Waals surface area contributed by atoms with Gasteiger partial charge in [0, 0.05) is 38.5 Å². The Balaban J connectivity index is 1.48. The Morgan fingerprint density at radius 3 is 2.56 bits per heavy atom. The molecule has 11 nitrogen and oxygen atoms in total. The van der Waals surface area contributed by atoms with Crippen LogP contribution in [-0.2, 0) is 33.6 Å². The van der Waals surface area contributed by atoms with Gasteiger partial charge in [0.15, 0.2) is 5.82 Å². The summed E-state index contributed by atoms with van der Waals surface area (Å²) >= 11 is 6.44. The summed E-state index contributed by atoms with van der Waals surface area (Å²) in [5.74, 6) is 1.80. The first-order chi connectivity index (χ1) is 18.6. The number of rotatable bonds is 11. The lowest BCUT2D eigenvalue weighted by atomic mass is 9.84. The van der Waals surface area contributed by atoms with Crippen LogP contribution in [0.5, 0.6) is 5.75 Å². The van der Waals surface area contributed by atoms with Gasteiger partial charge in [-0.25, -0.2) is 26.5 Å². The number of hydrogen-bond donors (Lipinski definition) is 4. The van der Waals surface area contributed by atoms with Crippen molar-refractivity contribution in [2.24, 2.45) is 5.92 Å². The molecular weight excluding hydrogens is 564 g/mol. The van der Waals surface area contributed by atoms with Crippen LogP contribution in [0.2, 0.25) is 5.02 Å². The van der Waals surface area contributed by atoms with Crippen molar-refractivity contribution in [1.82, 2.24) is 19.6 Å². The van der Waals surface area contributed by atoms with Crippen LogP contribution in [-0.4, -0.2) is 83.0 Å². The van der Waals surface area contributed by atoms with E-state index in [-0.39, 0.29) is 17.7 Å². The molecule has 1 aliphatic carbocycles. The lowest BCUT2D eigenvalue weighted by Crippen LogP contribution is -2.38. The van der Waals surface area contributed by atoms with E-state index in [4.69, 9.17) is 16.3 Å². The van der Waals surface area contributed by atoms with Crippen LogP contribution >= 0.6 is 11.6 Å². The number of anilines is 3. The van der Waals surface area contributed by atoms with Gasteiger partial charge in [0.05, 0.1) is 24.7 Å². The first kappa shape index (κ1) is 29.8. The number of sulfone groups is 1. The van der Waals surface area contributed by atoms with E-state index in [1.807, 2.05) is 12.1 Å². The number of benzene rings is 1. The minimum absolute atomic E-state index is 0.0362. The Bertz CT molecular complexity index is 1330. The molecule has 2 atom stereocenters. The molecular formula is C25H37ClN6O5S2. The Morgan fingerprint density at radius 2 is 1.87 bits per heavy atom. The van der Waals surface area contributed by atoms with Crippen LogP contribution in [0.15, 0.2) is 18.3 Å². The smallest absolute Gasteiger partial charge is 0.229 e. The van der Waals surface area contributed by atoms with Crippen molar-refractivity contribution in [2.75, 3.05) is 55.9 Å². The second-order valence-electron chi connectivity index (χ2n) is 10.2. The summed E-state index contributed by atoms with van der Waals surface area (Å²) in [6.45, 7) is 2.47. The summed E-state index contributed by atoms with van der Waals surface area (Å²) in [4.78, 5) is 11.2. The number of hydrogen-bond acceptors (Lipinski definition) is 10. The van der Waals surface area contributed by atoms with Crippen molar-refractivity contribution < 1.29 is 21.6 Å². The van der Waals surface area contributed by atoms with Gasteiger partial charge in [0.25, 0.3) is 0 Å². The highest BCUT2D eigenvalue weighted by molar-refractivity contribution is 7.90. The second-order valence-corrected chi connectivity index (χ2v) is 13.7. The first-order valence-electron chi connectivity index (χ1n) is 13.1. The van der Waals surface area contributed by atoms with Crippen LogP contribution in [0.25, 0.3) is 0 Å². The lowest BCUT2D eigenvalue weighted by molar-refractivity contribution is 0.304. The monoisotopic (exact) mass is 600 g/mol. The van der Waals surface area contributed by atoms with Crippen molar-refractivity contribution in [3.8, 4) is 5.75 Å². The van der Waals surface area contributed by atoms with Crippen molar-refractivity contribution >= 4 is 49.8 Å². The Hall–Kier alpha value is -2.19. The minimum atomic E-state index is -3.01. The van der Waals surface area contributed by atoms with E-state index in [2.05, 4.69) is 30.2 Å². The molecule has 1 fully saturated rings. The summed E-state index contributed by atoms with van der Waals surface area (Å²) < 4.78 is 53.5. The number of halogens is 1. The summed E-state index contributed by atoms with van der Waals surface area (Å²) in [6, 6.07) is 4.11. The maximum absolute atomic E-state index is 11.6. The predicted molar refractivity (Wildman–Crippen MR) is 155 cm³/mol.